The van der Waals surface area contributed by atoms with Gasteiger partial charge in [0.1, 0.15) is 11.5 Å². The van der Waals surface area contributed by atoms with Gasteiger partial charge in [0.2, 0.25) is 0 Å². The molecule has 1 aliphatic rings. The van der Waals surface area contributed by atoms with Crippen LogP contribution in [0.5, 0.6) is 0 Å². The molecule has 0 radical (unpaired) electrons. The lowest BCUT2D eigenvalue weighted by Crippen LogP contribution is -2.40. The van der Waals surface area contributed by atoms with Crippen molar-refractivity contribution in [2.45, 2.75) is 66.1 Å². The summed E-state index contributed by atoms with van der Waals surface area (Å²) in [4.78, 5) is 20.7. The number of hydrogen-bond donors (Lipinski definition) is 0. The highest BCUT2D eigenvalue weighted by atomic mass is 16.6. The van der Waals surface area contributed by atoms with Crippen molar-refractivity contribution in [3.05, 3.63) is 60.0 Å². The van der Waals surface area contributed by atoms with Gasteiger partial charge in [-0.2, -0.15) is 5.10 Å². The van der Waals surface area contributed by atoms with Gasteiger partial charge < -0.3 is 14.4 Å². The molecule has 4 aromatic rings. The molecule has 8 nitrogen and oxygen atoms in total. The summed E-state index contributed by atoms with van der Waals surface area (Å²) in [6, 6.07) is 10.4. The Morgan fingerprint density at radius 3 is 2.38 bits per heavy atom. The van der Waals surface area contributed by atoms with E-state index in [1.54, 1.807) is 4.68 Å². The van der Waals surface area contributed by atoms with Crippen LogP contribution in [0.3, 0.4) is 0 Å². The second-order valence-electron chi connectivity index (χ2n) is 12.7. The van der Waals surface area contributed by atoms with Crippen LogP contribution >= 0.6 is 0 Å². The highest BCUT2D eigenvalue weighted by Crippen LogP contribution is 2.40. The molecule has 1 aliphatic heterocycles. The van der Waals surface area contributed by atoms with Crippen molar-refractivity contribution < 1.29 is 14.3 Å². The third-order valence-corrected chi connectivity index (χ3v) is 7.73. The van der Waals surface area contributed by atoms with E-state index in [0.717, 1.165) is 70.9 Å². The number of rotatable bonds is 6. The lowest BCUT2D eigenvalue weighted by Gasteiger charge is -2.40. The van der Waals surface area contributed by atoms with Gasteiger partial charge in [0.05, 0.1) is 24.6 Å². The molecular formula is C32H41N5O3. The molecule has 40 heavy (non-hydrogen) atoms. The van der Waals surface area contributed by atoms with Crippen LogP contribution in [0.15, 0.2) is 48.9 Å². The third-order valence-electron chi connectivity index (χ3n) is 7.73. The molecular weight excluding hydrogens is 502 g/mol. The molecule has 0 unspecified atom stereocenters. The first-order valence-electron chi connectivity index (χ1n) is 14.0. The summed E-state index contributed by atoms with van der Waals surface area (Å²) in [5.74, 6) is 0.549. The van der Waals surface area contributed by atoms with Crippen molar-refractivity contribution in [1.82, 2.24) is 19.2 Å². The number of benzene rings is 1. The largest absolute Gasteiger partial charge is 0.467 e. The fourth-order valence-electron chi connectivity index (χ4n) is 5.47. The number of carbonyl (C=O) groups excluding carboxylic acids is 1. The Balaban J connectivity index is 1.69. The molecule has 4 heterocycles. The smallest absolute Gasteiger partial charge is 0.339 e. The van der Waals surface area contributed by atoms with Crippen LogP contribution in [-0.4, -0.2) is 50.9 Å². The number of ether oxygens (including phenoxy) is 2. The summed E-state index contributed by atoms with van der Waals surface area (Å²) in [7, 11) is 3.34. The predicted molar refractivity (Wildman–Crippen MR) is 158 cm³/mol. The minimum Gasteiger partial charge on any atom is -0.467 e. The summed E-state index contributed by atoms with van der Waals surface area (Å²) in [5.41, 5.74) is 6.38. The van der Waals surface area contributed by atoms with Crippen LogP contribution in [-0.2, 0) is 21.3 Å². The summed E-state index contributed by atoms with van der Waals surface area (Å²) in [6.07, 6.45) is 7.21. The van der Waals surface area contributed by atoms with Gasteiger partial charge >= 0.3 is 5.97 Å². The molecule has 0 spiro atoms. The van der Waals surface area contributed by atoms with E-state index in [2.05, 4.69) is 58.7 Å². The van der Waals surface area contributed by atoms with E-state index in [-0.39, 0.29) is 5.41 Å². The molecule has 1 atom stereocenters. The topological polar surface area (TPSA) is 73.9 Å². The number of fused-ring (bicyclic) bond motifs is 1. The molecule has 0 amide bonds. The molecule has 0 bridgehead atoms. The van der Waals surface area contributed by atoms with E-state index in [1.807, 2.05) is 53.2 Å². The van der Waals surface area contributed by atoms with E-state index in [0.29, 0.717) is 0 Å². The Bertz CT molecular complexity index is 1530. The maximum absolute atomic E-state index is 13.2. The van der Waals surface area contributed by atoms with E-state index in [1.165, 1.54) is 7.11 Å². The highest BCUT2D eigenvalue weighted by molar-refractivity contribution is 5.81. The number of pyridine rings is 1. The number of aromatic nitrogens is 4. The third kappa shape index (κ3) is 5.63. The Morgan fingerprint density at radius 2 is 1.75 bits per heavy atom. The molecule has 0 aliphatic carbocycles. The minimum absolute atomic E-state index is 0.274. The van der Waals surface area contributed by atoms with E-state index >= 15 is 0 Å². The first-order chi connectivity index (χ1) is 18.8. The number of anilines is 1. The Kier molecular flexibility index (Phi) is 7.25. The van der Waals surface area contributed by atoms with Crippen LogP contribution in [0.1, 0.15) is 64.7 Å². The quantitative estimate of drug-likeness (QED) is 0.263. The highest BCUT2D eigenvalue weighted by Gasteiger charge is 2.36. The van der Waals surface area contributed by atoms with Gasteiger partial charge in [0.25, 0.3) is 0 Å². The summed E-state index contributed by atoms with van der Waals surface area (Å²) in [5, 5.41) is 4.33. The molecule has 1 saturated heterocycles. The normalized spacial score (nSPS) is 16.4. The number of nitrogens with zero attached hydrogens (tertiary/aromatic N) is 5. The predicted octanol–water partition coefficient (Wildman–Crippen LogP) is 6.37. The van der Waals surface area contributed by atoms with Gasteiger partial charge in [-0.3, -0.25) is 9.08 Å². The summed E-state index contributed by atoms with van der Waals surface area (Å²) < 4.78 is 15.6. The number of imidazole rings is 1. The summed E-state index contributed by atoms with van der Waals surface area (Å²) in [6.45, 7) is 14.3. The van der Waals surface area contributed by atoms with Gasteiger partial charge in [-0.1, -0.05) is 32.0 Å². The second-order valence-corrected chi connectivity index (χ2v) is 12.7. The second kappa shape index (κ2) is 10.4. The number of methoxy groups -OCH3 is 1. The maximum atomic E-state index is 13.2. The van der Waals surface area contributed by atoms with E-state index in [4.69, 9.17) is 14.5 Å². The van der Waals surface area contributed by atoms with Crippen molar-refractivity contribution in [3.63, 3.8) is 0 Å². The van der Waals surface area contributed by atoms with Crippen LogP contribution in [0.2, 0.25) is 0 Å². The van der Waals surface area contributed by atoms with Crippen molar-refractivity contribution in [2.24, 2.45) is 12.5 Å². The van der Waals surface area contributed by atoms with Crippen molar-refractivity contribution in [2.75, 3.05) is 25.1 Å². The Labute approximate surface area is 236 Å². The van der Waals surface area contributed by atoms with Crippen LogP contribution < -0.4 is 4.90 Å². The fourth-order valence-corrected chi connectivity index (χ4v) is 5.47. The Hall–Kier alpha value is -3.65. The van der Waals surface area contributed by atoms with Crippen molar-refractivity contribution in [3.8, 4) is 22.4 Å². The zero-order chi connectivity index (χ0) is 28.8. The SMILES string of the molecule is COC(=O)[C@@H](OC(C)(C)C)c1c(C)cc2nc(-c3cccc(-c4cnn(C)c4)c3)cn2c1N1CCC(C)(C)CC1. The zero-order valence-corrected chi connectivity index (χ0v) is 25.0. The van der Waals surface area contributed by atoms with Gasteiger partial charge in [-0.15, -0.1) is 0 Å². The monoisotopic (exact) mass is 543 g/mol. The molecule has 3 aromatic heterocycles. The van der Waals surface area contributed by atoms with Crippen molar-refractivity contribution >= 4 is 17.4 Å². The molecule has 5 rings (SSSR count). The lowest BCUT2D eigenvalue weighted by atomic mass is 9.82. The van der Waals surface area contributed by atoms with Crippen LogP contribution in [0, 0.1) is 12.3 Å². The zero-order valence-electron chi connectivity index (χ0n) is 25.0. The van der Waals surface area contributed by atoms with Crippen molar-refractivity contribution in [1.29, 1.82) is 0 Å². The molecule has 1 fully saturated rings. The number of piperidine rings is 1. The first-order valence-corrected chi connectivity index (χ1v) is 14.0. The lowest BCUT2D eigenvalue weighted by molar-refractivity contribution is -0.164. The van der Waals surface area contributed by atoms with Gasteiger partial charge in [-0.25, -0.2) is 9.78 Å². The molecule has 1 aromatic carbocycles. The molecule has 8 heteroatoms. The number of aryl methyl sites for hydroxylation is 2. The summed E-state index contributed by atoms with van der Waals surface area (Å²) >= 11 is 0. The van der Waals surface area contributed by atoms with E-state index < -0.39 is 17.7 Å². The maximum Gasteiger partial charge on any atom is 0.339 e. The average Bonchev–Trinajstić information content (AvgIpc) is 3.52. The molecule has 212 valence electrons. The fraction of sp³-hybridized carbons (Fsp3) is 0.469. The number of hydrogen-bond acceptors (Lipinski definition) is 6. The van der Waals surface area contributed by atoms with E-state index in [9.17, 15) is 4.79 Å². The molecule has 0 N–H and O–H groups in total. The number of esters is 1. The van der Waals surface area contributed by atoms with Gasteiger partial charge in [0, 0.05) is 49.2 Å². The number of carbonyl (C=O) groups is 1. The van der Waals surface area contributed by atoms with Crippen LogP contribution in [0.25, 0.3) is 28.0 Å². The average molecular weight is 544 g/mol. The van der Waals surface area contributed by atoms with Gasteiger partial charge in [-0.05, 0) is 69.2 Å². The van der Waals surface area contributed by atoms with Crippen LogP contribution in [0.4, 0.5) is 5.82 Å². The standard InChI is InChI=1S/C32H41N5O3/c1-21-16-26-34-25(23-11-9-10-22(17-23)24-18-33-35(7)19-24)20-37(26)29(36-14-12-32(5,6)13-15-36)27(21)28(30(38)39-8)40-31(2,3)4/h9-11,16-20,28H,12-15H2,1-8H3/t28-/m0/s1. The Morgan fingerprint density at radius 1 is 1.05 bits per heavy atom. The first kappa shape index (κ1) is 27.9. The molecule has 0 saturated carbocycles. The van der Waals surface area contributed by atoms with Gasteiger partial charge in [0.15, 0.2) is 6.10 Å². The minimum atomic E-state index is -0.862.